The summed E-state index contributed by atoms with van der Waals surface area (Å²) in [6.07, 6.45) is 1.33. The van der Waals surface area contributed by atoms with Gasteiger partial charge in [-0.2, -0.15) is 0 Å². The Bertz CT molecular complexity index is 1200. The maximum Gasteiger partial charge on any atom is 0.0589 e. The lowest BCUT2D eigenvalue weighted by atomic mass is 9.99. The zero-order valence-electron chi connectivity index (χ0n) is 21.6. The van der Waals surface area contributed by atoms with Gasteiger partial charge in [0.2, 0.25) is 0 Å². The van der Waals surface area contributed by atoms with E-state index in [2.05, 4.69) is 97.1 Å². The Morgan fingerprint density at radius 3 is 0.711 bits per heavy atom. The average molecular weight is 497 g/mol. The van der Waals surface area contributed by atoms with Gasteiger partial charge in [0.05, 0.1) is 26.2 Å². The van der Waals surface area contributed by atoms with E-state index in [9.17, 15) is 0 Å². The van der Waals surface area contributed by atoms with E-state index in [-0.39, 0.29) is 0 Å². The topological polar surface area (TPSA) is 49.4 Å². The predicted molar refractivity (Wildman–Crippen MR) is 161 cm³/mol. The molecule has 0 aromatic heterocycles. The number of rotatable bonds is 4. The summed E-state index contributed by atoms with van der Waals surface area (Å²) in [5.74, 6) is 0. The molecule has 0 bridgehead atoms. The molecule has 188 valence electrons. The van der Waals surface area contributed by atoms with Crippen LogP contribution in [0.4, 0.5) is 0 Å². The lowest BCUT2D eigenvalue weighted by molar-refractivity contribution is 0.954. The third-order valence-corrected chi connectivity index (χ3v) is 6.51. The Morgan fingerprint density at radius 2 is 0.500 bits per heavy atom. The Balaban J connectivity index is 1.53. The maximum atomic E-state index is 5.06. The molecule has 0 aliphatic carbocycles. The van der Waals surface area contributed by atoms with Gasteiger partial charge in [0.15, 0.2) is 0 Å². The van der Waals surface area contributed by atoms with Gasteiger partial charge in [-0.1, -0.05) is 121 Å². The Hall–Kier alpha value is -4.44. The van der Waals surface area contributed by atoms with Crippen molar-refractivity contribution in [3.63, 3.8) is 0 Å². The second-order valence-electron chi connectivity index (χ2n) is 9.13. The number of benzene rings is 4. The van der Waals surface area contributed by atoms with E-state index in [1.807, 2.05) is 24.3 Å². The number of hydrogen-bond donors (Lipinski definition) is 0. The molecule has 38 heavy (non-hydrogen) atoms. The molecule has 0 saturated carbocycles. The van der Waals surface area contributed by atoms with E-state index in [4.69, 9.17) is 20.0 Å². The van der Waals surface area contributed by atoms with Gasteiger partial charge in [0, 0.05) is 35.7 Å². The van der Waals surface area contributed by atoms with Crippen LogP contribution in [0, 0.1) is 0 Å². The summed E-state index contributed by atoms with van der Waals surface area (Å²) >= 11 is 0. The highest BCUT2D eigenvalue weighted by Gasteiger charge is 2.13. The molecular weight excluding hydrogens is 464 g/mol. The molecule has 0 spiro atoms. The van der Waals surface area contributed by atoms with Crippen LogP contribution in [0.15, 0.2) is 141 Å². The third kappa shape index (κ3) is 6.86. The van der Waals surface area contributed by atoms with Crippen molar-refractivity contribution in [2.75, 3.05) is 26.2 Å². The van der Waals surface area contributed by atoms with Crippen LogP contribution in [0.1, 0.15) is 35.1 Å². The molecule has 4 aromatic carbocycles. The van der Waals surface area contributed by atoms with Gasteiger partial charge in [0.25, 0.3) is 0 Å². The number of nitrogens with zero attached hydrogens (tertiary/aromatic N) is 4. The van der Waals surface area contributed by atoms with Gasteiger partial charge < -0.3 is 0 Å². The van der Waals surface area contributed by atoms with Gasteiger partial charge in [-0.25, -0.2) is 0 Å². The third-order valence-electron chi connectivity index (χ3n) is 6.51. The molecule has 0 atom stereocenters. The van der Waals surface area contributed by atoms with Crippen LogP contribution in [0.5, 0.6) is 0 Å². The Labute approximate surface area is 225 Å². The lowest BCUT2D eigenvalue weighted by Gasteiger charge is -2.13. The van der Waals surface area contributed by atoms with Crippen LogP contribution in [0.3, 0.4) is 0 Å². The molecular formula is C34H32N4. The molecule has 4 aromatic rings. The van der Waals surface area contributed by atoms with Crippen molar-refractivity contribution >= 4 is 22.8 Å². The van der Waals surface area contributed by atoms with E-state index in [1.54, 1.807) is 0 Å². The summed E-state index contributed by atoms with van der Waals surface area (Å²) in [4.78, 5) is 20.2. The van der Waals surface area contributed by atoms with Crippen LogP contribution in [0.2, 0.25) is 0 Å². The van der Waals surface area contributed by atoms with Crippen LogP contribution < -0.4 is 0 Å². The molecule has 0 unspecified atom stereocenters. The van der Waals surface area contributed by atoms with E-state index in [0.717, 1.165) is 45.1 Å². The van der Waals surface area contributed by atoms with Crippen molar-refractivity contribution in [1.82, 2.24) is 0 Å². The molecule has 1 aliphatic heterocycles. The molecule has 0 radical (unpaired) electrons. The van der Waals surface area contributed by atoms with Gasteiger partial charge in [-0.15, -0.1) is 0 Å². The summed E-state index contributed by atoms with van der Waals surface area (Å²) in [5, 5.41) is 0. The summed E-state index contributed by atoms with van der Waals surface area (Å²) in [7, 11) is 0. The van der Waals surface area contributed by atoms with Gasteiger partial charge in [0.1, 0.15) is 0 Å². The quantitative estimate of drug-likeness (QED) is 0.301. The zero-order valence-corrected chi connectivity index (χ0v) is 21.6. The first-order chi connectivity index (χ1) is 18.9. The Kier molecular flexibility index (Phi) is 8.76. The van der Waals surface area contributed by atoms with Crippen molar-refractivity contribution in [3.05, 3.63) is 144 Å². The van der Waals surface area contributed by atoms with Crippen LogP contribution in [-0.2, 0) is 0 Å². The van der Waals surface area contributed by atoms with E-state index < -0.39 is 0 Å². The average Bonchev–Trinajstić information content (AvgIpc) is 2.99. The minimum absolute atomic E-state index is 0.612. The van der Waals surface area contributed by atoms with Crippen LogP contribution in [0.25, 0.3) is 0 Å². The largest absolute Gasteiger partial charge is 0.287 e. The smallest absolute Gasteiger partial charge is 0.0589 e. The zero-order chi connectivity index (χ0) is 25.8. The number of aliphatic imine (C=N–C) groups is 4. The monoisotopic (exact) mass is 496 g/mol. The fourth-order valence-electron chi connectivity index (χ4n) is 4.58. The van der Waals surface area contributed by atoms with E-state index in [1.165, 1.54) is 0 Å². The fourth-order valence-corrected chi connectivity index (χ4v) is 4.58. The molecule has 5 rings (SSSR count). The summed E-state index contributed by atoms with van der Waals surface area (Å²) in [6, 6.07) is 41.7. The van der Waals surface area contributed by atoms with E-state index in [0.29, 0.717) is 39.0 Å². The van der Waals surface area contributed by atoms with Gasteiger partial charge in [-0.3, -0.25) is 20.0 Å². The van der Waals surface area contributed by atoms with Crippen LogP contribution in [-0.4, -0.2) is 49.0 Å². The van der Waals surface area contributed by atoms with Gasteiger partial charge in [-0.05, 0) is 22.3 Å². The first-order valence-electron chi connectivity index (χ1n) is 13.2. The second-order valence-corrected chi connectivity index (χ2v) is 9.13. The molecule has 0 fully saturated rings. The molecule has 0 saturated heterocycles. The van der Waals surface area contributed by atoms with E-state index >= 15 is 0 Å². The van der Waals surface area contributed by atoms with Crippen molar-refractivity contribution in [2.45, 2.75) is 12.8 Å². The molecule has 0 N–H and O–H groups in total. The summed E-state index contributed by atoms with van der Waals surface area (Å²) in [5.41, 5.74) is 8.65. The molecule has 0 amide bonds. The molecule has 4 nitrogen and oxygen atoms in total. The van der Waals surface area contributed by atoms with Crippen molar-refractivity contribution in [3.8, 4) is 0 Å². The summed E-state index contributed by atoms with van der Waals surface area (Å²) in [6.45, 7) is 2.45. The SMILES string of the molecule is c1ccc(C2=NCCN=C(c3ccccc3)CC(c3ccccc3)=NCCN=C(c3ccccc3)C2)cc1. The first-order valence-corrected chi connectivity index (χ1v) is 13.2. The predicted octanol–water partition coefficient (Wildman–Crippen LogP) is 6.74. The minimum atomic E-state index is 0.612. The summed E-state index contributed by atoms with van der Waals surface area (Å²) < 4.78 is 0. The minimum Gasteiger partial charge on any atom is -0.287 e. The van der Waals surface area contributed by atoms with Gasteiger partial charge >= 0.3 is 0 Å². The second kappa shape index (κ2) is 13.2. The normalized spacial score (nSPS) is 15.4. The highest BCUT2D eigenvalue weighted by molar-refractivity contribution is 6.18. The fraction of sp³-hybridized carbons (Fsp3) is 0.176. The molecule has 1 aliphatic rings. The van der Waals surface area contributed by atoms with Crippen molar-refractivity contribution in [2.24, 2.45) is 20.0 Å². The number of hydrogen-bond acceptors (Lipinski definition) is 4. The first kappa shape index (κ1) is 25.2. The Morgan fingerprint density at radius 1 is 0.289 bits per heavy atom. The highest BCUT2D eigenvalue weighted by Crippen LogP contribution is 2.14. The molecule has 4 heteroatoms. The standard InChI is InChI=1S/C34H32N4/c1-5-13-27(14-6-1)31-25-32(28-15-7-2-8-16-28)36-23-24-38-34(30-19-11-4-12-20-30)26-33(37-22-21-35-31)29-17-9-3-10-18-29/h1-20H,21-26H2. The molecule has 1 heterocycles. The maximum absolute atomic E-state index is 5.06. The van der Waals surface area contributed by atoms with Crippen LogP contribution >= 0.6 is 0 Å². The highest BCUT2D eigenvalue weighted by atomic mass is 14.9. The lowest BCUT2D eigenvalue weighted by Crippen LogP contribution is -2.16. The van der Waals surface area contributed by atoms with Crippen molar-refractivity contribution in [1.29, 1.82) is 0 Å². The van der Waals surface area contributed by atoms with Crippen molar-refractivity contribution < 1.29 is 0 Å².